The Hall–Kier alpha value is -1.60. The molecular formula is C19H27ClF2N2O3. The van der Waals surface area contributed by atoms with Gasteiger partial charge in [0.15, 0.2) is 11.5 Å². The first-order valence-corrected chi connectivity index (χ1v) is 9.22. The number of hydrogen-bond acceptors (Lipinski definition) is 4. The van der Waals surface area contributed by atoms with Crippen LogP contribution in [0.25, 0.3) is 0 Å². The number of halogens is 3. The van der Waals surface area contributed by atoms with Gasteiger partial charge in [0.05, 0.1) is 6.61 Å². The Morgan fingerprint density at radius 2 is 2.07 bits per heavy atom. The highest BCUT2D eigenvalue weighted by atomic mass is 35.5. The Labute approximate surface area is 164 Å². The molecule has 0 radical (unpaired) electrons. The fourth-order valence-corrected chi connectivity index (χ4v) is 3.47. The second-order valence-corrected chi connectivity index (χ2v) is 7.06. The maximum absolute atomic E-state index is 12.7. The molecule has 2 aliphatic rings. The van der Waals surface area contributed by atoms with Crippen molar-refractivity contribution in [1.82, 2.24) is 4.90 Å². The second-order valence-electron chi connectivity index (χ2n) is 7.06. The van der Waals surface area contributed by atoms with Crippen molar-refractivity contribution in [2.24, 2.45) is 11.7 Å². The molecule has 2 atom stereocenters. The molecule has 5 nitrogen and oxygen atoms in total. The van der Waals surface area contributed by atoms with E-state index in [2.05, 4.69) is 4.74 Å². The molecule has 1 aliphatic heterocycles. The summed E-state index contributed by atoms with van der Waals surface area (Å²) in [6.07, 6.45) is 3.43. The molecule has 27 heavy (non-hydrogen) atoms. The second kappa shape index (κ2) is 9.55. The molecule has 1 aromatic rings. The lowest BCUT2D eigenvalue weighted by Crippen LogP contribution is -2.39. The third kappa shape index (κ3) is 5.45. The predicted molar refractivity (Wildman–Crippen MR) is 101 cm³/mol. The summed E-state index contributed by atoms with van der Waals surface area (Å²) in [5.41, 5.74) is 6.79. The summed E-state index contributed by atoms with van der Waals surface area (Å²) in [6, 6.07) is 5.10. The van der Waals surface area contributed by atoms with Crippen molar-refractivity contribution in [2.75, 3.05) is 19.7 Å². The monoisotopic (exact) mass is 404 g/mol. The lowest BCUT2D eigenvalue weighted by Gasteiger charge is -2.22. The highest BCUT2D eigenvalue weighted by molar-refractivity contribution is 5.85. The van der Waals surface area contributed by atoms with Crippen LogP contribution < -0.4 is 15.2 Å². The number of rotatable bonds is 8. The zero-order valence-electron chi connectivity index (χ0n) is 15.4. The highest BCUT2D eigenvalue weighted by Gasteiger charge is 2.35. The van der Waals surface area contributed by atoms with E-state index in [0.717, 1.165) is 24.8 Å². The number of likely N-dealkylation sites (tertiary alicyclic amines) is 1. The lowest BCUT2D eigenvalue weighted by atomic mass is 9.96. The molecule has 0 bridgehead atoms. The fourth-order valence-electron chi connectivity index (χ4n) is 3.47. The van der Waals surface area contributed by atoms with Crippen molar-refractivity contribution in [1.29, 1.82) is 0 Å². The fraction of sp³-hybridized carbons (Fsp3) is 0.632. The SMILES string of the molecule is CCC(=O)N1CC(c2ccc(OC(F)F)c(OCC3CC3)c2)C[C@H]1CN.Cl. The number of hydrogen-bond donors (Lipinski definition) is 1. The van der Waals surface area contributed by atoms with Gasteiger partial charge < -0.3 is 20.1 Å². The van der Waals surface area contributed by atoms with Crippen LogP contribution in [0.15, 0.2) is 18.2 Å². The van der Waals surface area contributed by atoms with Crippen molar-refractivity contribution in [3.8, 4) is 11.5 Å². The van der Waals surface area contributed by atoms with E-state index in [1.54, 1.807) is 12.1 Å². The Bertz CT molecular complexity index is 643. The van der Waals surface area contributed by atoms with E-state index >= 15 is 0 Å². The minimum atomic E-state index is -2.89. The molecule has 8 heteroatoms. The van der Waals surface area contributed by atoms with E-state index in [0.29, 0.717) is 37.8 Å². The normalized spacial score (nSPS) is 21.9. The number of carbonyl (C=O) groups excluding carboxylic acids is 1. The minimum absolute atomic E-state index is 0. The van der Waals surface area contributed by atoms with E-state index in [4.69, 9.17) is 10.5 Å². The summed E-state index contributed by atoms with van der Waals surface area (Å²) in [4.78, 5) is 14.0. The Balaban J connectivity index is 0.00000261. The van der Waals surface area contributed by atoms with Crippen LogP contribution in [0.5, 0.6) is 11.5 Å². The summed E-state index contributed by atoms with van der Waals surface area (Å²) in [7, 11) is 0. The van der Waals surface area contributed by atoms with Gasteiger partial charge in [0, 0.05) is 31.5 Å². The Kier molecular flexibility index (Phi) is 7.68. The van der Waals surface area contributed by atoms with Gasteiger partial charge in [-0.3, -0.25) is 4.79 Å². The summed E-state index contributed by atoms with van der Waals surface area (Å²) >= 11 is 0. The molecule has 0 spiro atoms. The van der Waals surface area contributed by atoms with Crippen molar-refractivity contribution in [2.45, 2.75) is 51.2 Å². The molecule has 3 rings (SSSR count). The molecule has 2 N–H and O–H groups in total. The zero-order chi connectivity index (χ0) is 18.7. The third-order valence-corrected chi connectivity index (χ3v) is 5.14. The van der Waals surface area contributed by atoms with E-state index in [1.807, 2.05) is 11.8 Å². The molecule has 1 amide bonds. The smallest absolute Gasteiger partial charge is 0.387 e. The molecule has 1 saturated heterocycles. The van der Waals surface area contributed by atoms with Crippen LogP contribution in [0.1, 0.15) is 44.1 Å². The third-order valence-electron chi connectivity index (χ3n) is 5.14. The van der Waals surface area contributed by atoms with Crippen LogP contribution in [0.2, 0.25) is 0 Å². The molecule has 1 unspecified atom stereocenters. The molecule has 1 aromatic carbocycles. The number of carbonyl (C=O) groups is 1. The minimum Gasteiger partial charge on any atom is -0.489 e. The summed E-state index contributed by atoms with van der Waals surface area (Å²) in [5.74, 6) is 1.11. The first-order valence-electron chi connectivity index (χ1n) is 9.22. The van der Waals surface area contributed by atoms with Crippen molar-refractivity contribution in [3.63, 3.8) is 0 Å². The zero-order valence-corrected chi connectivity index (χ0v) is 16.2. The molecule has 0 aromatic heterocycles. The van der Waals surface area contributed by atoms with Gasteiger partial charge in [-0.25, -0.2) is 0 Å². The van der Waals surface area contributed by atoms with Gasteiger partial charge in [-0.15, -0.1) is 12.4 Å². The van der Waals surface area contributed by atoms with Gasteiger partial charge in [-0.05, 0) is 42.9 Å². The largest absolute Gasteiger partial charge is 0.489 e. The van der Waals surface area contributed by atoms with Gasteiger partial charge in [0.25, 0.3) is 0 Å². The first kappa shape index (κ1) is 21.7. The van der Waals surface area contributed by atoms with Crippen LogP contribution in [-0.2, 0) is 4.79 Å². The number of amides is 1. The lowest BCUT2D eigenvalue weighted by molar-refractivity contribution is -0.131. The molecule has 152 valence electrons. The van der Waals surface area contributed by atoms with Crippen LogP contribution >= 0.6 is 12.4 Å². The number of nitrogens with zero attached hydrogens (tertiary/aromatic N) is 1. The maximum Gasteiger partial charge on any atom is 0.387 e. The van der Waals surface area contributed by atoms with Gasteiger partial charge in [0.2, 0.25) is 5.91 Å². The topological polar surface area (TPSA) is 64.8 Å². The van der Waals surface area contributed by atoms with Crippen LogP contribution in [0.4, 0.5) is 8.78 Å². The predicted octanol–water partition coefficient (Wildman–Crippen LogP) is 3.55. The van der Waals surface area contributed by atoms with Crippen molar-refractivity contribution in [3.05, 3.63) is 23.8 Å². The molecular weight excluding hydrogens is 378 g/mol. The first-order chi connectivity index (χ1) is 12.5. The highest BCUT2D eigenvalue weighted by Crippen LogP contribution is 2.38. The van der Waals surface area contributed by atoms with E-state index in [1.165, 1.54) is 6.07 Å². The average molecular weight is 405 g/mol. The Morgan fingerprint density at radius 1 is 1.33 bits per heavy atom. The quantitative estimate of drug-likeness (QED) is 0.719. The van der Waals surface area contributed by atoms with Crippen LogP contribution in [0.3, 0.4) is 0 Å². The standard InChI is InChI=1S/C19H26F2N2O3.ClH/c1-2-18(24)23-10-14(7-15(23)9-22)13-5-6-16(26-19(20)21)17(8-13)25-11-12-3-4-12;/h5-6,8,12,14-15,19H,2-4,7,9-11,22H2,1H3;1H/t14?,15-;/m0./s1. The van der Waals surface area contributed by atoms with Gasteiger partial charge in [0.1, 0.15) is 0 Å². The molecule has 1 heterocycles. The average Bonchev–Trinajstić information content (AvgIpc) is 3.36. The number of ether oxygens (including phenoxy) is 2. The number of benzene rings is 1. The number of alkyl halides is 2. The molecule has 1 saturated carbocycles. The van der Waals surface area contributed by atoms with Crippen molar-refractivity contribution < 1.29 is 23.0 Å². The van der Waals surface area contributed by atoms with Crippen LogP contribution in [-0.4, -0.2) is 43.2 Å². The summed E-state index contributed by atoms with van der Waals surface area (Å²) in [6.45, 7) is 0.462. The Morgan fingerprint density at radius 3 is 2.67 bits per heavy atom. The van der Waals surface area contributed by atoms with Gasteiger partial charge in [-0.1, -0.05) is 13.0 Å². The van der Waals surface area contributed by atoms with Crippen molar-refractivity contribution >= 4 is 18.3 Å². The van der Waals surface area contributed by atoms with Gasteiger partial charge >= 0.3 is 6.61 Å². The molecule has 2 fully saturated rings. The maximum atomic E-state index is 12.7. The van der Waals surface area contributed by atoms with E-state index < -0.39 is 6.61 Å². The van der Waals surface area contributed by atoms with Gasteiger partial charge in [-0.2, -0.15) is 8.78 Å². The molecule has 1 aliphatic carbocycles. The summed E-state index contributed by atoms with van der Waals surface area (Å²) < 4.78 is 35.6. The number of nitrogens with two attached hydrogens (primary N) is 1. The van der Waals surface area contributed by atoms with Crippen LogP contribution in [0, 0.1) is 5.92 Å². The van der Waals surface area contributed by atoms with E-state index in [9.17, 15) is 13.6 Å². The summed E-state index contributed by atoms with van der Waals surface area (Å²) in [5, 5.41) is 0. The van der Waals surface area contributed by atoms with E-state index in [-0.39, 0.29) is 36.0 Å².